The first-order valence-corrected chi connectivity index (χ1v) is 13.5. The lowest BCUT2D eigenvalue weighted by atomic mass is 9.96. The molecule has 3 aliphatic rings. The molecule has 0 bridgehead atoms. The number of nitrogens with zero attached hydrogens (tertiary/aromatic N) is 2. The molecule has 4 nitrogen and oxygen atoms in total. The first-order chi connectivity index (χ1) is 16.1. The predicted molar refractivity (Wildman–Crippen MR) is 134 cm³/mol. The number of piperidine rings is 1. The molecule has 0 atom stereocenters. The predicted octanol–water partition coefficient (Wildman–Crippen LogP) is 6.48. The van der Waals surface area contributed by atoms with Gasteiger partial charge in [0, 0.05) is 19.1 Å². The van der Waals surface area contributed by atoms with Crippen molar-refractivity contribution in [1.29, 1.82) is 0 Å². The van der Waals surface area contributed by atoms with Crippen LogP contribution in [0.1, 0.15) is 102 Å². The van der Waals surface area contributed by atoms with E-state index in [9.17, 15) is 9.59 Å². The third kappa shape index (κ3) is 5.70. The van der Waals surface area contributed by atoms with Gasteiger partial charge in [0.15, 0.2) is 0 Å². The lowest BCUT2D eigenvalue weighted by Crippen LogP contribution is -2.43. The van der Waals surface area contributed by atoms with Crippen molar-refractivity contribution in [2.45, 2.75) is 103 Å². The van der Waals surface area contributed by atoms with E-state index in [2.05, 4.69) is 30.9 Å². The maximum atomic E-state index is 13.9. The molecule has 1 saturated heterocycles. The molecule has 0 radical (unpaired) electrons. The van der Waals surface area contributed by atoms with Gasteiger partial charge in [0.2, 0.25) is 0 Å². The number of rotatable bonds is 3. The number of carbonyl (C=O) groups excluding carboxylic acids is 2. The maximum absolute atomic E-state index is 13.9. The topological polar surface area (TPSA) is 40.6 Å². The quantitative estimate of drug-likeness (QED) is 0.495. The van der Waals surface area contributed by atoms with Crippen LogP contribution in [0.25, 0.3) is 5.57 Å². The van der Waals surface area contributed by atoms with Crippen LogP contribution in [-0.2, 0) is 9.59 Å². The molecule has 4 rings (SSSR count). The average molecular weight is 451 g/mol. The third-order valence-electron chi connectivity index (χ3n) is 7.97. The summed E-state index contributed by atoms with van der Waals surface area (Å²) in [5, 5.41) is 0. The molecule has 0 aromatic heterocycles. The Balaban J connectivity index is 1.62. The van der Waals surface area contributed by atoms with Crippen LogP contribution < -0.4 is 0 Å². The van der Waals surface area contributed by atoms with E-state index in [0.29, 0.717) is 17.2 Å². The second-order valence-corrected chi connectivity index (χ2v) is 10.7. The van der Waals surface area contributed by atoms with Crippen LogP contribution in [0.4, 0.5) is 0 Å². The molecule has 1 aromatic rings. The number of aryl methyl sites for hydroxylation is 1. The van der Waals surface area contributed by atoms with Crippen molar-refractivity contribution in [2.75, 3.05) is 13.1 Å². The molecule has 4 heteroatoms. The minimum atomic E-state index is -0.0606. The Hall–Kier alpha value is -2.10. The highest BCUT2D eigenvalue weighted by Crippen LogP contribution is 2.36. The Morgan fingerprint density at radius 3 is 1.76 bits per heavy atom. The fourth-order valence-electron chi connectivity index (χ4n) is 5.77. The highest BCUT2D eigenvalue weighted by atomic mass is 16.2. The van der Waals surface area contributed by atoms with Gasteiger partial charge in [-0.3, -0.25) is 14.5 Å². The van der Waals surface area contributed by atoms with Crippen LogP contribution >= 0.6 is 0 Å². The van der Waals surface area contributed by atoms with Crippen LogP contribution in [0.3, 0.4) is 0 Å². The molecule has 33 heavy (non-hydrogen) atoms. The zero-order valence-electron chi connectivity index (χ0n) is 20.8. The molecule has 1 aliphatic carbocycles. The summed E-state index contributed by atoms with van der Waals surface area (Å²) in [4.78, 5) is 31.7. The van der Waals surface area contributed by atoms with Gasteiger partial charge in [0.05, 0.1) is 5.57 Å². The van der Waals surface area contributed by atoms with Gasteiger partial charge in [-0.1, -0.05) is 94.5 Å². The van der Waals surface area contributed by atoms with E-state index in [0.717, 1.165) is 57.2 Å². The summed E-state index contributed by atoms with van der Waals surface area (Å²) >= 11 is 0. The van der Waals surface area contributed by atoms with E-state index in [1.54, 1.807) is 4.90 Å². The molecule has 2 fully saturated rings. The Morgan fingerprint density at radius 1 is 0.697 bits per heavy atom. The normalized spacial score (nSPS) is 23.1. The largest absolute Gasteiger partial charge is 0.366 e. The number of amides is 2. The van der Waals surface area contributed by atoms with Gasteiger partial charge in [-0.05, 0) is 44.1 Å². The van der Waals surface area contributed by atoms with Crippen LogP contribution in [0.5, 0.6) is 0 Å². The second kappa shape index (κ2) is 11.4. The van der Waals surface area contributed by atoms with E-state index in [1.165, 1.54) is 50.5 Å². The van der Waals surface area contributed by atoms with E-state index in [4.69, 9.17) is 0 Å². The zero-order chi connectivity index (χ0) is 23.2. The van der Waals surface area contributed by atoms with Gasteiger partial charge < -0.3 is 4.90 Å². The lowest BCUT2D eigenvalue weighted by molar-refractivity contribution is -0.140. The Bertz CT molecular complexity index is 837. The minimum absolute atomic E-state index is 0.0334. The zero-order valence-corrected chi connectivity index (χ0v) is 20.8. The van der Waals surface area contributed by atoms with Crippen molar-refractivity contribution >= 4 is 17.4 Å². The minimum Gasteiger partial charge on any atom is -0.366 e. The van der Waals surface area contributed by atoms with Crippen molar-refractivity contribution in [3.8, 4) is 0 Å². The number of likely N-dealkylation sites (tertiary alicyclic amines) is 1. The molecule has 1 saturated carbocycles. The van der Waals surface area contributed by atoms with Gasteiger partial charge in [0.25, 0.3) is 11.8 Å². The molecule has 1 aromatic carbocycles. The molecule has 0 spiro atoms. The van der Waals surface area contributed by atoms with Crippen LogP contribution in [-0.4, -0.2) is 40.7 Å². The lowest BCUT2D eigenvalue weighted by Gasteiger charge is -2.33. The summed E-state index contributed by atoms with van der Waals surface area (Å²) in [6, 6.07) is 8.18. The number of carbonyl (C=O) groups is 2. The van der Waals surface area contributed by atoms with Gasteiger partial charge in [-0.25, -0.2) is 0 Å². The van der Waals surface area contributed by atoms with Crippen molar-refractivity contribution in [3.05, 3.63) is 41.1 Å². The molecule has 2 aliphatic heterocycles. The monoisotopic (exact) mass is 450 g/mol. The number of benzene rings is 1. The number of hydrogen-bond donors (Lipinski definition) is 0. The summed E-state index contributed by atoms with van der Waals surface area (Å²) in [6.45, 7) is 6.07. The summed E-state index contributed by atoms with van der Waals surface area (Å²) in [5.74, 6) is 0.580. The average Bonchev–Trinajstić information content (AvgIpc) is 3.06. The van der Waals surface area contributed by atoms with Crippen LogP contribution in [0.15, 0.2) is 30.0 Å². The summed E-state index contributed by atoms with van der Waals surface area (Å²) in [5.41, 5.74) is 3.37. The molecule has 180 valence electrons. The first kappa shape index (κ1) is 24.0. The van der Waals surface area contributed by atoms with Gasteiger partial charge in [0.1, 0.15) is 5.70 Å². The summed E-state index contributed by atoms with van der Waals surface area (Å²) in [6.07, 6.45) is 15.2. The molecule has 0 N–H and O–H groups in total. The van der Waals surface area contributed by atoms with E-state index in [1.807, 2.05) is 12.1 Å². The third-order valence-corrected chi connectivity index (χ3v) is 7.97. The van der Waals surface area contributed by atoms with Gasteiger partial charge in [-0.2, -0.15) is 0 Å². The van der Waals surface area contributed by atoms with Crippen LogP contribution in [0.2, 0.25) is 0 Å². The fraction of sp³-hybridized carbons (Fsp3) is 0.655. The van der Waals surface area contributed by atoms with Crippen molar-refractivity contribution in [3.63, 3.8) is 0 Å². The SMILES string of the molecule is Cc1ccc(C2=C(N3CCC(C)CC3)C(=O)N(C3CCCCCCCCCCC3)C2=O)cc1. The standard InChI is InChI=1S/C29H42N2O2/c1-22-14-16-24(17-15-22)26-27(30-20-18-23(2)19-21-30)29(33)31(28(26)32)25-12-10-8-6-4-3-5-7-9-11-13-25/h14-17,23,25H,3-13,18-21H2,1-2H3. The highest BCUT2D eigenvalue weighted by Gasteiger charge is 2.44. The Labute approximate surface area is 200 Å². The number of imide groups is 1. The van der Waals surface area contributed by atoms with Crippen LogP contribution in [0, 0.1) is 12.8 Å². The maximum Gasteiger partial charge on any atom is 0.278 e. The van der Waals surface area contributed by atoms with E-state index in [-0.39, 0.29) is 17.9 Å². The highest BCUT2D eigenvalue weighted by molar-refractivity contribution is 6.35. The number of hydrogen-bond acceptors (Lipinski definition) is 3. The molecular weight excluding hydrogens is 408 g/mol. The molecule has 2 heterocycles. The van der Waals surface area contributed by atoms with Crippen molar-refractivity contribution < 1.29 is 9.59 Å². The molecular formula is C29H42N2O2. The fourth-order valence-corrected chi connectivity index (χ4v) is 5.77. The smallest absolute Gasteiger partial charge is 0.278 e. The van der Waals surface area contributed by atoms with Crippen molar-refractivity contribution in [1.82, 2.24) is 9.80 Å². The summed E-state index contributed by atoms with van der Waals surface area (Å²) in [7, 11) is 0. The Morgan fingerprint density at radius 2 is 1.21 bits per heavy atom. The van der Waals surface area contributed by atoms with Gasteiger partial charge >= 0.3 is 0 Å². The van der Waals surface area contributed by atoms with E-state index >= 15 is 0 Å². The second-order valence-electron chi connectivity index (χ2n) is 10.7. The Kier molecular flexibility index (Phi) is 8.27. The van der Waals surface area contributed by atoms with Crippen molar-refractivity contribution in [2.24, 2.45) is 5.92 Å². The summed E-state index contributed by atoms with van der Waals surface area (Å²) < 4.78 is 0. The molecule has 0 unspecified atom stereocenters. The first-order valence-electron chi connectivity index (χ1n) is 13.5. The van der Waals surface area contributed by atoms with E-state index < -0.39 is 0 Å². The molecule has 2 amide bonds. The van der Waals surface area contributed by atoms with Gasteiger partial charge in [-0.15, -0.1) is 0 Å².